The molecule has 6 heteroatoms. The molecule has 31 heavy (non-hydrogen) atoms. The van der Waals surface area contributed by atoms with E-state index in [0.29, 0.717) is 25.2 Å². The third-order valence-corrected chi connectivity index (χ3v) is 5.79. The van der Waals surface area contributed by atoms with Gasteiger partial charge in [0.25, 0.3) is 5.91 Å². The minimum atomic E-state index is -0.303. The summed E-state index contributed by atoms with van der Waals surface area (Å²) in [5, 5.41) is 4.65. The molecule has 1 saturated heterocycles. The first-order chi connectivity index (χ1) is 15.1. The number of carbonyl (C=O) groups excluding carboxylic acids is 2. The smallest absolute Gasteiger partial charge is 0.254 e. The molecule has 0 radical (unpaired) electrons. The fourth-order valence-corrected chi connectivity index (χ4v) is 4.12. The summed E-state index contributed by atoms with van der Waals surface area (Å²) < 4.78 is 18.5. The number of carbonyl (C=O) groups is 2. The molecular weight excluding hydrogens is 395 g/mol. The maximum atomic E-state index is 13.3. The van der Waals surface area contributed by atoms with Gasteiger partial charge in [0.2, 0.25) is 5.91 Å². The molecule has 0 spiro atoms. The molecular formula is C25H25FN2O3. The van der Waals surface area contributed by atoms with Crippen LogP contribution in [0.1, 0.15) is 28.8 Å². The lowest BCUT2D eigenvalue weighted by atomic mass is 9.95. The summed E-state index contributed by atoms with van der Waals surface area (Å²) in [5.74, 6) is 0.00497. The van der Waals surface area contributed by atoms with Crippen molar-refractivity contribution in [3.8, 4) is 5.75 Å². The molecule has 1 fully saturated rings. The number of hydrogen-bond donors (Lipinski definition) is 1. The van der Waals surface area contributed by atoms with E-state index in [1.807, 2.05) is 30.3 Å². The number of nitrogens with zero attached hydrogens (tertiary/aromatic N) is 1. The fourth-order valence-electron chi connectivity index (χ4n) is 4.12. The Morgan fingerprint density at radius 3 is 2.55 bits per heavy atom. The van der Waals surface area contributed by atoms with Gasteiger partial charge in [0.05, 0.1) is 13.0 Å². The Kier molecular flexibility index (Phi) is 6.16. The first-order valence-electron chi connectivity index (χ1n) is 10.4. The van der Waals surface area contributed by atoms with Gasteiger partial charge in [0, 0.05) is 30.6 Å². The highest BCUT2D eigenvalue weighted by molar-refractivity contribution is 6.08. The molecule has 4 rings (SSSR count). The number of amides is 2. The number of fused-ring (bicyclic) bond motifs is 1. The van der Waals surface area contributed by atoms with Crippen LogP contribution in [0.2, 0.25) is 0 Å². The highest BCUT2D eigenvalue weighted by Gasteiger charge is 2.29. The van der Waals surface area contributed by atoms with Gasteiger partial charge in [0.1, 0.15) is 11.6 Å². The Bertz CT molecular complexity index is 1100. The number of halogens is 1. The number of ether oxygens (including phenoxy) is 1. The minimum Gasteiger partial charge on any atom is -0.496 e. The van der Waals surface area contributed by atoms with E-state index >= 15 is 0 Å². The Morgan fingerprint density at radius 1 is 1.06 bits per heavy atom. The number of benzene rings is 3. The third-order valence-electron chi connectivity index (χ3n) is 5.79. The van der Waals surface area contributed by atoms with Crippen molar-refractivity contribution in [3.05, 3.63) is 77.6 Å². The third kappa shape index (κ3) is 4.53. The molecule has 1 unspecified atom stereocenters. The molecule has 0 saturated carbocycles. The second kappa shape index (κ2) is 9.16. The van der Waals surface area contributed by atoms with Crippen LogP contribution < -0.4 is 10.1 Å². The van der Waals surface area contributed by atoms with Crippen molar-refractivity contribution in [2.75, 3.05) is 20.2 Å². The van der Waals surface area contributed by atoms with Crippen LogP contribution in [0.25, 0.3) is 10.8 Å². The van der Waals surface area contributed by atoms with E-state index in [1.54, 1.807) is 30.2 Å². The second-order valence-electron chi connectivity index (χ2n) is 7.80. The summed E-state index contributed by atoms with van der Waals surface area (Å²) >= 11 is 0. The maximum absolute atomic E-state index is 13.3. The van der Waals surface area contributed by atoms with E-state index in [1.165, 1.54) is 12.1 Å². The Labute approximate surface area is 180 Å². The summed E-state index contributed by atoms with van der Waals surface area (Å²) in [6.07, 6.45) is 1.51. The number of hydrogen-bond acceptors (Lipinski definition) is 3. The van der Waals surface area contributed by atoms with Crippen LogP contribution in [-0.2, 0) is 11.3 Å². The van der Waals surface area contributed by atoms with Crippen LogP contribution in [0.5, 0.6) is 5.75 Å². The Morgan fingerprint density at radius 2 is 1.81 bits per heavy atom. The first-order valence-corrected chi connectivity index (χ1v) is 10.4. The lowest BCUT2D eigenvalue weighted by molar-refractivity contribution is -0.126. The van der Waals surface area contributed by atoms with Crippen LogP contribution >= 0.6 is 0 Å². The molecule has 3 aromatic rings. The summed E-state index contributed by atoms with van der Waals surface area (Å²) in [5.41, 5.74) is 1.45. The Hall–Kier alpha value is -3.41. The quantitative estimate of drug-likeness (QED) is 0.674. The summed E-state index contributed by atoms with van der Waals surface area (Å²) in [7, 11) is 1.61. The molecule has 1 N–H and O–H groups in total. The van der Waals surface area contributed by atoms with E-state index in [-0.39, 0.29) is 23.5 Å². The van der Waals surface area contributed by atoms with Crippen molar-refractivity contribution in [1.29, 1.82) is 0 Å². The topological polar surface area (TPSA) is 58.6 Å². The molecule has 2 amide bonds. The number of methoxy groups -OCH3 is 1. The molecule has 1 atom stereocenters. The number of nitrogens with one attached hydrogen (secondary N) is 1. The van der Waals surface area contributed by atoms with Crippen molar-refractivity contribution in [2.24, 2.45) is 5.92 Å². The van der Waals surface area contributed by atoms with Gasteiger partial charge >= 0.3 is 0 Å². The van der Waals surface area contributed by atoms with Crippen LogP contribution in [-0.4, -0.2) is 36.9 Å². The Balaban J connectivity index is 1.46. The van der Waals surface area contributed by atoms with Crippen LogP contribution in [0.3, 0.4) is 0 Å². The predicted octanol–water partition coefficient (Wildman–Crippen LogP) is 4.16. The second-order valence-corrected chi connectivity index (χ2v) is 7.80. The molecule has 0 bridgehead atoms. The minimum absolute atomic E-state index is 0.0742. The molecule has 5 nitrogen and oxygen atoms in total. The van der Waals surface area contributed by atoms with Crippen LogP contribution in [0, 0.1) is 11.7 Å². The standard InChI is InChI=1S/C25H25FN2O3/c1-31-23-13-12-22(20-6-2-3-7-21(20)23)25(30)28-14-4-5-18(16-28)24(29)27-15-17-8-10-19(26)11-9-17/h2-3,6-13,18H,4-5,14-16H2,1H3,(H,27,29). The molecule has 0 aliphatic carbocycles. The SMILES string of the molecule is COc1ccc(C(=O)N2CCCC(C(=O)NCc3ccc(F)cc3)C2)c2ccccc12. The van der Waals surface area contributed by atoms with Crippen molar-refractivity contribution < 1.29 is 18.7 Å². The van der Waals surface area contributed by atoms with Crippen molar-refractivity contribution >= 4 is 22.6 Å². The van der Waals surface area contributed by atoms with Crippen LogP contribution in [0.4, 0.5) is 4.39 Å². The number of rotatable bonds is 5. The largest absolute Gasteiger partial charge is 0.496 e. The van der Waals surface area contributed by atoms with E-state index < -0.39 is 0 Å². The maximum Gasteiger partial charge on any atom is 0.254 e. The van der Waals surface area contributed by atoms with Crippen molar-refractivity contribution in [2.45, 2.75) is 19.4 Å². The summed E-state index contributed by atoms with van der Waals surface area (Å²) in [6, 6.07) is 17.3. The highest BCUT2D eigenvalue weighted by atomic mass is 19.1. The monoisotopic (exact) mass is 420 g/mol. The van der Waals surface area contributed by atoms with Gasteiger partial charge in [-0.2, -0.15) is 0 Å². The van der Waals surface area contributed by atoms with Gasteiger partial charge in [0.15, 0.2) is 0 Å². The van der Waals surface area contributed by atoms with Gasteiger partial charge in [-0.3, -0.25) is 9.59 Å². The molecule has 1 heterocycles. The zero-order valence-electron chi connectivity index (χ0n) is 17.4. The zero-order valence-corrected chi connectivity index (χ0v) is 17.4. The fraction of sp³-hybridized carbons (Fsp3) is 0.280. The van der Waals surface area contributed by atoms with E-state index in [0.717, 1.165) is 34.9 Å². The average molecular weight is 420 g/mol. The normalized spacial score (nSPS) is 16.2. The van der Waals surface area contributed by atoms with E-state index in [4.69, 9.17) is 4.74 Å². The van der Waals surface area contributed by atoms with Crippen molar-refractivity contribution in [3.63, 3.8) is 0 Å². The average Bonchev–Trinajstić information content (AvgIpc) is 2.82. The van der Waals surface area contributed by atoms with Gasteiger partial charge < -0.3 is 15.0 Å². The summed E-state index contributed by atoms with van der Waals surface area (Å²) in [4.78, 5) is 27.8. The van der Waals surface area contributed by atoms with Gasteiger partial charge in [-0.25, -0.2) is 4.39 Å². The first kappa shape index (κ1) is 20.8. The number of piperidine rings is 1. The molecule has 0 aromatic heterocycles. The molecule has 3 aromatic carbocycles. The molecule has 160 valence electrons. The van der Waals surface area contributed by atoms with Crippen molar-refractivity contribution in [1.82, 2.24) is 10.2 Å². The van der Waals surface area contributed by atoms with Crippen LogP contribution in [0.15, 0.2) is 60.7 Å². The molecule has 1 aliphatic rings. The van der Waals surface area contributed by atoms with E-state index in [9.17, 15) is 14.0 Å². The highest BCUT2D eigenvalue weighted by Crippen LogP contribution is 2.30. The lowest BCUT2D eigenvalue weighted by Gasteiger charge is -2.32. The van der Waals surface area contributed by atoms with Gasteiger partial charge in [-0.05, 0) is 48.1 Å². The number of likely N-dealkylation sites (tertiary alicyclic amines) is 1. The predicted molar refractivity (Wildman–Crippen MR) is 117 cm³/mol. The lowest BCUT2D eigenvalue weighted by Crippen LogP contribution is -2.45. The van der Waals surface area contributed by atoms with Gasteiger partial charge in [-0.1, -0.05) is 36.4 Å². The molecule has 1 aliphatic heterocycles. The van der Waals surface area contributed by atoms with E-state index in [2.05, 4.69) is 5.32 Å². The zero-order chi connectivity index (χ0) is 21.8. The van der Waals surface area contributed by atoms with Gasteiger partial charge in [-0.15, -0.1) is 0 Å². The summed E-state index contributed by atoms with van der Waals surface area (Å²) in [6.45, 7) is 1.35.